The zero-order valence-electron chi connectivity index (χ0n) is 11.6. The zero-order chi connectivity index (χ0) is 15.2. The van der Waals surface area contributed by atoms with Crippen LogP contribution in [-0.4, -0.2) is 32.0 Å². The highest BCUT2D eigenvalue weighted by Crippen LogP contribution is 2.09. The van der Waals surface area contributed by atoms with Gasteiger partial charge in [0.25, 0.3) is 0 Å². The van der Waals surface area contributed by atoms with E-state index < -0.39 is 5.97 Å². The molecule has 7 nitrogen and oxygen atoms in total. The van der Waals surface area contributed by atoms with Crippen LogP contribution in [0, 0.1) is 0 Å². The maximum atomic E-state index is 11.9. The predicted octanol–water partition coefficient (Wildman–Crippen LogP) is 1.31. The average molecular weight is 308 g/mol. The Morgan fingerprint density at radius 2 is 2.29 bits per heavy atom. The van der Waals surface area contributed by atoms with Crippen LogP contribution in [0.3, 0.4) is 0 Å². The van der Waals surface area contributed by atoms with Crippen molar-refractivity contribution in [3.63, 3.8) is 0 Å². The lowest BCUT2D eigenvalue weighted by Gasteiger charge is -2.07. The molecule has 0 bridgehead atoms. The molecule has 8 heteroatoms. The van der Waals surface area contributed by atoms with Gasteiger partial charge in [-0.15, -0.1) is 16.4 Å². The molecule has 0 radical (unpaired) electrons. The Hall–Kier alpha value is -2.22. The fourth-order valence-electron chi connectivity index (χ4n) is 1.90. The van der Waals surface area contributed by atoms with Gasteiger partial charge in [0.2, 0.25) is 5.91 Å². The number of aromatic nitrogens is 3. The molecule has 0 aromatic carbocycles. The third-order valence-corrected chi connectivity index (χ3v) is 3.74. The van der Waals surface area contributed by atoms with Gasteiger partial charge in [0.1, 0.15) is 6.54 Å². The number of carboxylic acids is 1. The molecular weight excluding hydrogens is 292 g/mol. The van der Waals surface area contributed by atoms with Crippen LogP contribution in [-0.2, 0) is 24.3 Å². The summed E-state index contributed by atoms with van der Waals surface area (Å²) in [5, 5.41) is 21.2. The van der Waals surface area contributed by atoms with Crippen LogP contribution in [0.4, 0.5) is 0 Å². The first-order valence-electron chi connectivity index (χ1n) is 6.56. The number of hydrogen-bond acceptors (Lipinski definition) is 5. The Bertz CT molecular complexity index is 621. The summed E-state index contributed by atoms with van der Waals surface area (Å²) >= 11 is 1.56. The Balaban J connectivity index is 2.01. The van der Waals surface area contributed by atoms with Gasteiger partial charge in [-0.1, -0.05) is 24.6 Å². The van der Waals surface area contributed by atoms with E-state index in [1.54, 1.807) is 11.3 Å². The topological polar surface area (TPSA) is 97.1 Å². The van der Waals surface area contributed by atoms with Gasteiger partial charge >= 0.3 is 5.97 Å². The highest BCUT2D eigenvalue weighted by molar-refractivity contribution is 7.09. The smallest absolute Gasteiger partial charge is 0.358 e. The number of aromatic carboxylic acids is 1. The summed E-state index contributed by atoms with van der Waals surface area (Å²) in [5.41, 5.74) is 0.402. The van der Waals surface area contributed by atoms with Crippen molar-refractivity contribution >= 4 is 23.2 Å². The molecule has 0 aliphatic heterocycles. The van der Waals surface area contributed by atoms with Crippen LogP contribution < -0.4 is 5.32 Å². The number of carboxylic acid groups (broad SMARTS) is 1. The molecule has 0 saturated carbocycles. The summed E-state index contributed by atoms with van der Waals surface area (Å²) < 4.78 is 1.36. The van der Waals surface area contributed by atoms with Crippen molar-refractivity contribution in [3.05, 3.63) is 33.8 Å². The number of carbonyl (C=O) groups is 2. The summed E-state index contributed by atoms with van der Waals surface area (Å²) in [4.78, 5) is 24.0. The van der Waals surface area contributed by atoms with Crippen molar-refractivity contribution in [2.45, 2.75) is 32.9 Å². The lowest BCUT2D eigenvalue weighted by molar-refractivity contribution is -0.122. The summed E-state index contributed by atoms with van der Waals surface area (Å²) in [6, 6.07) is 3.85. The van der Waals surface area contributed by atoms with E-state index in [0.717, 1.165) is 11.3 Å². The van der Waals surface area contributed by atoms with Crippen LogP contribution in [0.25, 0.3) is 0 Å². The second-order valence-electron chi connectivity index (χ2n) is 4.45. The van der Waals surface area contributed by atoms with Gasteiger partial charge < -0.3 is 10.4 Å². The monoisotopic (exact) mass is 308 g/mol. The fourth-order valence-corrected chi connectivity index (χ4v) is 2.55. The van der Waals surface area contributed by atoms with Crippen molar-refractivity contribution in [1.29, 1.82) is 0 Å². The first kappa shape index (κ1) is 15.2. The molecule has 0 unspecified atom stereocenters. The molecule has 21 heavy (non-hydrogen) atoms. The number of carbonyl (C=O) groups excluding carboxylic acids is 1. The van der Waals surface area contributed by atoms with Gasteiger partial charge in [-0.05, 0) is 17.9 Å². The van der Waals surface area contributed by atoms with E-state index in [-0.39, 0.29) is 18.1 Å². The van der Waals surface area contributed by atoms with E-state index >= 15 is 0 Å². The third kappa shape index (κ3) is 3.88. The highest BCUT2D eigenvalue weighted by Gasteiger charge is 2.19. The molecule has 0 spiro atoms. The standard InChI is InChI=1S/C13H16N4O3S/c1-2-4-10-12(13(19)20)15-16-17(10)8-11(18)14-7-9-5-3-6-21-9/h3,5-6H,2,4,7-8H2,1H3,(H,14,18)(H,19,20). The summed E-state index contributed by atoms with van der Waals surface area (Å²) in [6.07, 6.45) is 1.28. The van der Waals surface area contributed by atoms with Crippen LogP contribution in [0.2, 0.25) is 0 Å². The quantitative estimate of drug-likeness (QED) is 0.803. The van der Waals surface area contributed by atoms with Crippen molar-refractivity contribution in [2.24, 2.45) is 0 Å². The van der Waals surface area contributed by atoms with Gasteiger partial charge in [-0.2, -0.15) is 0 Å². The maximum Gasteiger partial charge on any atom is 0.358 e. The molecule has 0 aliphatic carbocycles. The zero-order valence-corrected chi connectivity index (χ0v) is 12.4. The number of amides is 1. The molecule has 1 amide bonds. The SMILES string of the molecule is CCCc1c(C(=O)O)nnn1CC(=O)NCc1cccs1. The molecule has 112 valence electrons. The first-order chi connectivity index (χ1) is 10.1. The van der Waals surface area contributed by atoms with E-state index in [0.29, 0.717) is 18.7 Å². The molecule has 0 fully saturated rings. The van der Waals surface area contributed by atoms with Gasteiger partial charge in [-0.25, -0.2) is 9.48 Å². The van der Waals surface area contributed by atoms with Gasteiger partial charge in [0.15, 0.2) is 5.69 Å². The minimum Gasteiger partial charge on any atom is -0.476 e. The van der Waals surface area contributed by atoms with Crippen LogP contribution in [0.1, 0.15) is 34.4 Å². The van der Waals surface area contributed by atoms with Crippen LogP contribution in [0.15, 0.2) is 17.5 Å². The number of nitrogens with one attached hydrogen (secondary N) is 1. The minimum absolute atomic E-state index is 0.0268. The summed E-state index contributed by atoms with van der Waals surface area (Å²) in [6.45, 7) is 2.36. The highest BCUT2D eigenvalue weighted by atomic mass is 32.1. The van der Waals surface area contributed by atoms with E-state index in [2.05, 4.69) is 15.6 Å². The first-order valence-corrected chi connectivity index (χ1v) is 7.44. The van der Waals surface area contributed by atoms with Gasteiger partial charge in [0, 0.05) is 4.88 Å². The molecule has 2 heterocycles. The minimum atomic E-state index is -1.12. The van der Waals surface area contributed by atoms with Crippen molar-refractivity contribution in [3.8, 4) is 0 Å². The van der Waals surface area contributed by atoms with E-state index in [9.17, 15) is 9.59 Å². The largest absolute Gasteiger partial charge is 0.476 e. The lowest BCUT2D eigenvalue weighted by Crippen LogP contribution is -2.28. The molecule has 2 aromatic rings. The number of hydrogen-bond donors (Lipinski definition) is 2. The molecule has 2 rings (SSSR count). The third-order valence-electron chi connectivity index (χ3n) is 2.86. The second kappa shape index (κ2) is 6.98. The Morgan fingerprint density at radius 3 is 2.90 bits per heavy atom. The second-order valence-corrected chi connectivity index (χ2v) is 5.49. The normalized spacial score (nSPS) is 10.5. The number of nitrogens with zero attached hydrogens (tertiary/aromatic N) is 3. The molecule has 0 atom stereocenters. The van der Waals surface area contributed by atoms with Gasteiger partial charge in [-0.3, -0.25) is 4.79 Å². The Labute approximate surface area is 125 Å². The van der Waals surface area contributed by atoms with E-state index in [1.807, 2.05) is 24.4 Å². The molecular formula is C13H16N4O3S. The number of thiophene rings is 1. The van der Waals surface area contributed by atoms with Crippen LogP contribution >= 0.6 is 11.3 Å². The Morgan fingerprint density at radius 1 is 1.48 bits per heavy atom. The molecule has 2 aromatic heterocycles. The summed E-state index contributed by atoms with van der Waals surface area (Å²) in [7, 11) is 0. The van der Waals surface area contributed by atoms with Crippen LogP contribution in [0.5, 0.6) is 0 Å². The van der Waals surface area contributed by atoms with E-state index in [1.165, 1.54) is 4.68 Å². The number of rotatable bonds is 7. The summed E-state index contributed by atoms with van der Waals surface area (Å²) in [5.74, 6) is -1.34. The molecule has 0 saturated heterocycles. The maximum absolute atomic E-state index is 11.9. The van der Waals surface area contributed by atoms with E-state index in [4.69, 9.17) is 5.11 Å². The predicted molar refractivity (Wildman–Crippen MR) is 77.1 cm³/mol. The van der Waals surface area contributed by atoms with Crippen molar-refractivity contribution < 1.29 is 14.7 Å². The average Bonchev–Trinajstić information content (AvgIpc) is 3.07. The molecule has 2 N–H and O–H groups in total. The Kier molecular flexibility index (Phi) is 5.04. The lowest BCUT2D eigenvalue weighted by atomic mass is 10.2. The molecule has 0 aliphatic rings. The fraction of sp³-hybridized carbons (Fsp3) is 0.385. The van der Waals surface area contributed by atoms with Crippen molar-refractivity contribution in [1.82, 2.24) is 20.3 Å². The van der Waals surface area contributed by atoms with Crippen molar-refractivity contribution in [2.75, 3.05) is 0 Å². The van der Waals surface area contributed by atoms with Gasteiger partial charge in [0.05, 0.1) is 12.2 Å².